The Morgan fingerprint density at radius 3 is 2.54 bits per heavy atom. The third kappa shape index (κ3) is 4.43. The van der Waals surface area contributed by atoms with Crippen molar-refractivity contribution in [2.75, 3.05) is 5.32 Å². The second-order valence-corrected chi connectivity index (χ2v) is 6.03. The van der Waals surface area contributed by atoms with E-state index in [1.807, 2.05) is 55.5 Å². The number of hydrogen-bond acceptors (Lipinski definition) is 3. The lowest BCUT2D eigenvalue weighted by atomic mass is 10.1. The molecule has 1 heterocycles. The molecule has 0 saturated carbocycles. The van der Waals surface area contributed by atoms with Crippen LogP contribution in [0.25, 0.3) is 0 Å². The summed E-state index contributed by atoms with van der Waals surface area (Å²) in [6.45, 7) is 2.00. The molecule has 122 valence electrons. The average molecular weight is 341 g/mol. The smallest absolute Gasteiger partial charge is 0.232 e. The summed E-state index contributed by atoms with van der Waals surface area (Å²) in [6.07, 6.45) is 0.745. The van der Waals surface area contributed by atoms with E-state index in [-0.39, 0.29) is 12.3 Å². The van der Waals surface area contributed by atoms with Crippen LogP contribution in [0, 0.1) is 6.92 Å². The largest absolute Gasteiger partial charge is 0.326 e. The molecule has 6 heteroatoms. The van der Waals surface area contributed by atoms with Crippen LogP contribution in [-0.4, -0.2) is 21.1 Å². The van der Waals surface area contributed by atoms with Crippen LogP contribution < -0.4 is 5.32 Å². The summed E-state index contributed by atoms with van der Waals surface area (Å²) in [4.78, 5) is 16.4. The quantitative estimate of drug-likeness (QED) is 0.746. The predicted molar refractivity (Wildman–Crippen MR) is 94.2 cm³/mol. The lowest BCUT2D eigenvalue weighted by Gasteiger charge is -2.03. The summed E-state index contributed by atoms with van der Waals surface area (Å²) in [5, 5.41) is 10.5. The number of carbonyl (C=O) groups is 1. The SMILES string of the molecule is Cc1ccc(NC(=O)Cc2n[nH]c(Cc3ccc(Cl)cc3)n2)cc1. The molecule has 0 bridgehead atoms. The van der Waals surface area contributed by atoms with Crippen molar-refractivity contribution in [3.63, 3.8) is 0 Å². The third-order valence-corrected chi connectivity index (χ3v) is 3.77. The van der Waals surface area contributed by atoms with E-state index in [1.165, 1.54) is 0 Å². The number of benzene rings is 2. The molecule has 0 spiro atoms. The van der Waals surface area contributed by atoms with E-state index in [9.17, 15) is 4.79 Å². The zero-order chi connectivity index (χ0) is 16.9. The summed E-state index contributed by atoms with van der Waals surface area (Å²) in [6, 6.07) is 15.2. The lowest BCUT2D eigenvalue weighted by Crippen LogP contribution is -2.15. The Morgan fingerprint density at radius 2 is 1.83 bits per heavy atom. The Labute approximate surface area is 145 Å². The molecule has 0 radical (unpaired) electrons. The van der Waals surface area contributed by atoms with Gasteiger partial charge in [0.2, 0.25) is 5.91 Å². The average Bonchev–Trinajstić information content (AvgIpc) is 2.99. The van der Waals surface area contributed by atoms with Crippen molar-refractivity contribution in [1.29, 1.82) is 0 Å². The Kier molecular flexibility index (Phi) is 4.91. The normalized spacial score (nSPS) is 10.6. The Hall–Kier alpha value is -2.66. The van der Waals surface area contributed by atoms with Gasteiger partial charge in [-0.05, 0) is 36.8 Å². The molecule has 0 aliphatic heterocycles. The van der Waals surface area contributed by atoms with E-state index < -0.39 is 0 Å². The van der Waals surface area contributed by atoms with Crippen LogP contribution in [0.2, 0.25) is 5.02 Å². The first-order valence-electron chi connectivity index (χ1n) is 7.59. The monoisotopic (exact) mass is 340 g/mol. The topological polar surface area (TPSA) is 70.7 Å². The van der Waals surface area contributed by atoms with Crippen LogP contribution in [0.15, 0.2) is 48.5 Å². The van der Waals surface area contributed by atoms with Gasteiger partial charge in [-0.1, -0.05) is 41.4 Å². The molecule has 0 aliphatic carbocycles. The number of amides is 1. The molecular weight excluding hydrogens is 324 g/mol. The zero-order valence-corrected chi connectivity index (χ0v) is 14.0. The van der Waals surface area contributed by atoms with Gasteiger partial charge >= 0.3 is 0 Å². The van der Waals surface area contributed by atoms with Crippen molar-refractivity contribution in [2.24, 2.45) is 0 Å². The van der Waals surface area contributed by atoms with Crippen molar-refractivity contribution in [3.05, 3.63) is 76.3 Å². The predicted octanol–water partition coefficient (Wildman–Crippen LogP) is 3.54. The Balaban J connectivity index is 1.58. The van der Waals surface area contributed by atoms with Crippen LogP contribution in [0.3, 0.4) is 0 Å². The first-order chi connectivity index (χ1) is 11.6. The Morgan fingerprint density at radius 1 is 1.12 bits per heavy atom. The first kappa shape index (κ1) is 16.2. The maximum Gasteiger partial charge on any atom is 0.232 e. The van der Waals surface area contributed by atoms with Crippen LogP contribution >= 0.6 is 11.6 Å². The van der Waals surface area contributed by atoms with E-state index >= 15 is 0 Å². The zero-order valence-electron chi connectivity index (χ0n) is 13.2. The number of aromatic amines is 1. The summed E-state index contributed by atoms with van der Waals surface area (Å²) in [7, 11) is 0. The highest BCUT2D eigenvalue weighted by atomic mass is 35.5. The molecule has 24 heavy (non-hydrogen) atoms. The number of H-pyrrole nitrogens is 1. The van der Waals surface area contributed by atoms with Crippen LogP contribution in [0.1, 0.15) is 22.8 Å². The van der Waals surface area contributed by atoms with Gasteiger partial charge in [0.1, 0.15) is 5.82 Å². The summed E-state index contributed by atoms with van der Waals surface area (Å²) in [5.74, 6) is 1.05. The fourth-order valence-electron chi connectivity index (χ4n) is 2.27. The van der Waals surface area contributed by atoms with E-state index in [2.05, 4.69) is 20.5 Å². The molecule has 0 atom stereocenters. The number of rotatable bonds is 5. The van der Waals surface area contributed by atoms with Crippen LogP contribution in [0.5, 0.6) is 0 Å². The second kappa shape index (κ2) is 7.27. The number of carbonyl (C=O) groups excluding carboxylic acids is 1. The van der Waals surface area contributed by atoms with E-state index in [4.69, 9.17) is 11.6 Å². The van der Waals surface area contributed by atoms with Gasteiger partial charge in [0.15, 0.2) is 5.82 Å². The number of nitrogens with one attached hydrogen (secondary N) is 2. The lowest BCUT2D eigenvalue weighted by molar-refractivity contribution is -0.115. The van der Waals surface area contributed by atoms with Crippen LogP contribution in [-0.2, 0) is 17.6 Å². The maximum atomic E-state index is 12.1. The van der Waals surface area contributed by atoms with Gasteiger partial charge in [-0.15, -0.1) is 0 Å². The van der Waals surface area contributed by atoms with Gasteiger partial charge in [0.05, 0.1) is 6.42 Å². The fraction of sp³-hybridized carbons (Fsp3) is 0.167. The fourth-order valence-corrected chi connectivity index (χ4v) is 2.40. The van der Waals surface area contributed by atoms with Gasteiger partial charge in [0.25, 0.3) is 0 Å². The summed E-state index contributed by atoms with van der Waals surface area (Å²) >= 11 is 5.87. The van der Waals surface area contributed by atoms with Crippen molar-refractivity contribution in [3.8, 4) is 0 Å². The molecule has 5 nitrogen and oxygen atoms in total. The minimum absolute atomic E-state index is 0.130. The van der Waals surface area contributed by atoms with Crippen molar-refractivity contribution < 1.29 is 4.79 Å². The number of anilines is 1. The molecule has 0 saturated heterocycles. The standard InChI is InChI=1S/C18H17ClN4O/c1-12-2-8-15(9-3-12)20-18(24)11-17-21-16(22-23-17)10-13-4-6-14(19)7-5-13/h2-9H,10-11H2,1H3,(H,20,24)(H,21,22,23). The highest BCUT2D eigenvalue weighted by molar-refractivity contribution is 6.30. The highest BCUT2D eigenvalue weighted by Crippen LogP contribution is 2.12. The first-order valence-corrected chi connectivity index (χ1v) is 7.97. The van der Waals surface area contributed by atoms with E-state index in [0.29, 0.717) is 17.3 Å². The van der Waals surface area contributed by atoms with E-state index in [0.717, 1.165) is 22.6 Å². The van der Waals surface area contributed by atoms with Gasteiger partial charge in [-0.25, -0.2) is 4.98 Å². The molecule has 1 amide bonds. The minimum Gasteiger partial charge on any atom is -0.326 e. The molecule has 0 aliphatic rings. The number of aromatic nitrogens is 3. The molecular formula is C18H17ClN4O. The third-order valence-electron chi connectivity index (χ3n) is 3.52. The minimum atomic E-state index is -0.143. The number of halogens is 1. The van der Waals surface area contributed by atoms with Gasteiger partial charge < -0.3 is 5.32 Å². The highest BCUT2D eigenvalue weighted by Gasteiger charge is 2.10. The van der Waals surface area contributed by atoms with Crippen molar-refractivity contribution in [1.82, 2.24) is 15.2 Å². The van der Waals surface area contributed by atoms with Gasteiger partial charge in [-0.3, -0.25) is 9.89 Å². The Bertz CT molecular complexity index is 825. The molecule has 0 fully saturated rings. The number of nitrogens with zero attached hydrogens (tertiary/aromatic N) is 2. The molecule has 0 unspecified atom stereocenters. The van der Waals surface area contributed by atoms with E-state index in [1.54, 1.807) is 0 Å². The molecule has 1 aromatic heterocycles. The maximum absolute atomic E-state index is 12.1. The molecule has 3 rings (SSSR count). The molecule has 2 N–H and O–H groups in total. The molecule has 2 aromatic carbocycles. The van der Waals surface area contributed by atoms with Crippen molar-refractivity contribution in [2.45, 2.75) is 19.8 Å². The van der Waals surface area contributed by atoms with Crippen molar-refractivity contribution >= 4 is 23.2 Å². The number of hydrogen-bond donors (Lipinski definition) is 2. The summed E-state index contributed by atoms with van der Waals surface area (Å²) < 4.78 is 0. The molecule has 3 aromatic rings. The second-order valence-electron chi connectivity index (χ2n) is 5.59. The van der Waals surface area contributed by atoms with Gasteiger partial charge in [0, 0.05) is 17.1 Å². The van der Waals surface area contributed by atoms with Crippen LogP contribution in [0.4, 0.5) is 5.69 Å². The number of aryl methyl sites for hydroxylation is 1. The van der Waals surface area contributed by atoms with Gasteiger partial charge in [-0.2, -0.15) is 5.10 Å². The summed E-state index contributed by atoms with van der Waals surface area (Å²) in [5.41, 5.74) is 2.99.